The third-order valence-electron chi connectivity index (χ3n) is 0. The third-order valence-corrected chi connectivity index (χ3v) is 0. The smallest absolute Gasteiger partial charge is 0.0776 e. The minimum absolute atomic E-state index is 0. The zero-order chi connectivity index (χ0) is 0. The standard InChI is InChI=1S/CH4.7H2O/h1H4;7*1H2. The van der Waals surface area contributed by atoms with Crippen molar-refractivity contribution in [2.75, 3.05) is 0 Å². The second-order valence-electron chi connectivity index (χ2n) is 0. The highest BCUT2D eigenvalue weighted by Crippen LogP contribution is 0.144. The van der Waals surface area contributed by atoms with Crippen LogP contribution in [0.4, 0.5) is 0 Å². The summed E-state index contributed by atoms with van der Waals surface area (Å²) >= 11 is 0. The molecule has 14 N–H and O–H groups in total. The summed E-state index contributed by atoms with van der Waals surface area (Å²) < 4.78 is 0. The first-order chi connectivity index (χ1) is 0. The molecular weight excluding hydrogens is 124 g/mol. The van der Waals surface area contributed by atoms with Gasteiger partial charge in [-0.15, -0.1) is 0 Å². The van der Waals surface area contributed by atoms with Gasteiger partial charge in [-0.2, -0.15) is 0 Å². The van der Waals surface area contributed by atoms with E-state index < -0.39 is 0 Å². The molecule has 8 heavy (non-hydrogen) atoms. The molecule has 0 unspecified atom stereocenters. The van der Waals surface area contributed by atoms with Crippen molar-refractivity contribution in [3.8, 4) is 0 Å². The fraction of sp³-hybridized carbons (Fsp3) is 1.00. The summed E-state index contributed by atoms with van der Waals surface area (Å²) in [5, 5.41) is 0. The van der Waals surface area contributed by atoms with Crippen LogP contribution in [0.2, 0.25) is 0 Å². The maximum atomic E-state index is 0. The molecule has 0 aliphatic carbocycles. The first-order valence-electron chi connectivity index (χ1n) is 0. The number of hydrogen-bond donors (Lipinski definition) is 0. The van der Waals surface area contributed by atoms with Crippen LogP contribution in [-0.4, -0.2) is 38.3 Å². The minimum atomic E-state index is 0. The predicted octanol–water partition coefficient (Wildman–Crippen LogP) is -5.14. The Hall–Kier alpha value is -0.280. The van der Waals surface area contributed by atoms with Crippen LogP contribution in [0, 0.1) is 0 Å². The third kappa shape index (κ3) is 1630. The molecule has 0 rings (SSSR count). The molecule has 0 bridgehead atoms. The van der Waals surface area contributed by atoms with Gasteiger partial charge < -0.3 is 38.3 Å². The molecule has 7 nitrogen and oxygen atoms in total. The zero-order valence-corrected chi connectivity index (χ0v) is 3.50. The molecule has 0 aromatic rings. The van der Waals surface area contributed by atoms with E-state index in [-0.39, 0.29) is 45.8 Å². The molecule has 0 aromatic carbocycles. The van der Waals surface area contributed by atoms with Crippen molar-refractivity contribution in [3.63, 3.8) is 0 Å². The Morgan fingerprint density at radius 3 is 0.250 bits per heavy atom. The lowest BCUT2D eigenvalue weighted by molar-refractivity contribution is 0.823. The van der Waals surface area contributed by atoms with Crippen LogP contribution in [0.15, 0.2) is 0 Å². The largest absolute Gasteiger partial charge is 0.412 e. The molecule has 0 saturated carbocycles. The lowest BCUT2D eigenvalue weighted by Crippen LogP contribution is -0.290. The summed E-state index contributed by atoms with van der Waals surface area (Å²) in [5.41, 5.74) is 0. The molecule has 0 aliphatic rings. The molecule has 0 saturated heterocycles. The summed E-state index contributed by atoms with van der Waals surface area (Å²) in [6.07, 6.45) is 0. The van der Waals surface area contributed by atoms with Gasteiger partial charge >= 0.3 is 0 Å². The van der Waals surface area contributed by atoms with E-state index in [9.17, 15) is 0 Å². The van der Waals surface area contributed by atoms with E-state index in [1.54, 1.807) is 0 Å². The summed E-state index contributed by atoms with van der Waals surface area (Å²) in [6, 6.07) is 0. The van der Waals surface area contributed by atoms with Gasteiger partial charge in [0.15, 0.2) is 0 Å². The van der Waals surface area contributed by atoms with Gasteiger partial charge in [-0.3, -0.25) is 0 Å². The molecule has 0 amide bonds. The quantitative estimate of drug-likeness (QED) is 0.309. The molecule has 0 heterocycles. The molecular formula is CH18O7. The van der Waals surface area contributed by atoms with Crippen LogP contribution < -0.4 is 0 Å². The van der Waals surface area contributed by atoms with Crippen molar-refractivity contribution >= 4 is 0 Å². The Morgan fingerprint density at radius 1 is 0.250 bits per heavy atom. The summed E-state index contributed by atoms with van der Waals surface area (Å²) in [5.74, 6) is 0. The summed E-state index contributed by atoms with van der Waals surface area (Å²) in [6.45, 7) is 0. The normalized spacial score (nSPS) is 0. The van der Waals surface area contributed by atoms with E-state index >= 15 is 0 Å². The first-order valence-corrected chi connectivity index (χ1v) is 0. The van der Waals surface area contributed by atoms with E-state index in [4.69, 9.17) is 0 Å². The van der Waals surface area contributed by atoms with Crippen LogP contribution in [0.5, 0.6) is 0 Å². The molecule has 0 spiro atoms. The van der Waals surface area contributed by atoms with E-state index in [1.165, 1.54) is 0 Å². The maximum Gasteiger partial charge on any atom is -0.0776 e. The number of hydrogen-bond acceptors (Lipinski definition) is 0. The highest BCUT2D eigenvalue weighted by Gasteiger charge is -0.0775. The van der Waals surface area contributed by atoms with Crippen molar-refractivity contribution in [2.45, 2.75) is 7.43 Å². The average molecular weight is 142 g/mol. The molecule has 0 atom stereocenters. The second-order valence-corrected chi connectivity index (χ2v) is 0. The van der Waals surface area contributed by atoms with Crippen molar-refractivity contribution in [3.05, 3.63) is 0 Å². The molecule has 0 aliphatic heterocycles. The first kappa shape index (κ1) is 4450. The average Bonchev–Trinajstić information content (AvgIpc) is 0. The Balaban J connectivity index is 0. The highest BCUT2D eigenvalue weighted by atomic mass is 16.0. The van der Waals surface area contributed by atoms with Gasteiger partial charge in [-0.25, -0.2) is 0 Å². The van der Waals surface area contributed by atoms with Crippen molar-refractivity contribution in [1.29, 1.82) is 0 Å². The zero-order valence-electron chi connectivity index (χ0n) is 3.50. The van der Waals surface area contributed by atoms with Crippen LogP contribution in [0.3, 0.4) is 0 Å². The Labute approximate surface area is 47.1 Å². The summed E-state index contributed by atoms with van der Waals surface area (Å²) in [7, 11) is 0. The molecule has 0 fully saturated rings. The Morgan fingerprint density at radius 2 is 0.250 bits per heavy atom. The van der Waals surface area contributed by atoms with E-state index in [0.29, 0.717) is 0 Å². The predicted molar refractivity (Wildman–Crippen MR) is 32.0 cm³/mol. The van der Waals surface area contributed by atoms with Crippen LogP contribution in [0.1, 0.15) is 7.43 Å². The van der Waals surface area contributed by atoms with Gasteiger partial charge in [0, 0.05) is 0 Å². The molecule has 0 aromatic heterocycles. The van der Waals surface area contributed by atoms with E-state index in [1.807, 2.05) is 0 Å². The van der Waals surface area contributed by atoms with Gasteiger partial charge in [0.2, 0.25) is 0 Å². The summed E-state index contributed by atoms with van der Waals surface area (Å²) in [4.78, 5) is 0. The van der Waals surface area contributed by atoms with Crippen LogP contribution in [-0.2, 0) is 0 Å². The van der Waals surface area contributed by atoms with Crippen LogP contribution in [0.25, 0.3) is 0 Å². The minimum Gasteiger partial charge on any atom is -0.412 e. The van der Waals surface area contributed by atoms with Crippen LogP contribution >= 0.6 is 0 Å². The lowest BCUT2D eigenvalue weighted by atomic mass is 12.0. The molecule has 0 radical (unpaired) electrons. The lowest BCUT2D eigenvalue weighted by Gasteiger charge is -0.413. The topological polar surface area (TPSA) is 220 Å². The van der Waals surface area contributed by atoms with Gasteiger partial charge in [-0.1, -0.05) is 7.43 Å². The second kappa shape index (κ2) is 2800. The van der Waals surface area contributed by atoms with Gasteiger partial charge in [-0.05, 0) is 0 Å². The number of rotatable bonds is 0. The SMILES string of the molecule is C.O.O.O.O.O.O.O. The van der Waals surface area contributed by atoms with E-state index in [2.05, 4.69) is 0 Å². The fourth-order valence-corrected chi connectivity index (χ4v) is 0. The maximum absolute atomic E-state index is 0. The van der Waals surface area contributed by atoms with Gasteiger partial charge in [0.1, 0.15) is 0 Å². The monoisotopic (exact) mass is 142 g/mol. The fourth-order valence-electron chi connectivity index (χ4n) is 0. The highest BCUT2D eigenvalue weighted by molar-refractivity contribution is 2.50. The van der Waals surface area contributed by atoms with Gasteiger partial charge in [0.25, 0.3) is 0 Å². The molecule has 64 valence electrons. The van der Waals surface area contributed by atoms with Crippen molar-refractivity contribution in [1.82, 2.24) is 0 Å². The molecule has 7 heteroatoms. The van der Waals surface area contributed by atoms with Crippen molar-refractivity contribution in [2.24, 2.45) is 0 Å². The van der Waals surface area contributed by atoms with Crippen molar-refractivity contribution < 1.29 is 38.3 Å². The van der Waals surface area contributed by atoms with Gasteiger partial charge in [0.05, 0.1) is 0 Å². The Kier molecular flexibility index (Phi) is 1560000. The van der Waals surface area contributed by atoms with E-state index in [0.717, 1.165) is 0 Å². The Bertz CT molecular complexity index is 4.35.